The van der Waals surface area contributed by atoms with Crippen molar-refractivity contribution in [1.82, 2.24) is 9.97 Å². The van der Waals surface area contributed by atoms with Gasteiger partial charge in [-0.25, -0.2) is 18.7 Å². The summed E-state index contributed by atoms with van der Waals surface area (Å²) in [5.74, 6) is -0.0866. The molecule has 1 aromatic carbocycles. The average molecular weight is 333 g/mol. The molecule has 0 saturated carbocycles. The molecule has 4 N–H and O–H groups in total. The second kappa shape index (κ2) is 6.12. The van der Waals surface area contributed by atoms with Crippen molar-refractivity contribution >= 4 is 17.4 Å². The Labute approximate surface area is 134 Å². The summed E-state index contributed by atoms with van der Waals surface area (Å²) >= 11 is 5.79. The van der Waals surface area contributed by atoms with Crippen LogP contribution in [-0.2, 0) is 5.60 Å². The Bertz CT molecular complexity index is 792. The van der Waals surface area contributed by atoms with E-state index in [1.54, 1.807) is 0 Å². The van der Waals surface area contributed by atoms with Crippen molar-refractivity contribution < 1.29 is 23.1 Å². The number of benzene rings is 1. The predicted octanol–water partition coefficient (Wildman–Crippen LogP) is 2.13. The number of anilines is 1. The summed E-state index contributed by atoms with van der Waals surface area (Å²) in [4.78, 5) is 7.67. The maximum Gasteiger partial charge on any atom is 0.273 e. The van der Waals surface area contributed by atoms with Gasteiger partial charge in [-0.05, 0) is 24.0 Å². The summed E-state index contributed by atoms with van der Waals surface area (Å²) in [7, 11) is 0. The molecule has 0 radical (unpaired) electrons. The molecule has 0 fully saturated rings. The van der Waals surface area contributed by atoms with Gasteiger partial charge in [0.2, 0.25) is 0 Å². The first-order chi connectivity index (χ1) is 11.5. The fraction of sp³-hybridized carbons (Fsp3) is 0.286. The van der Waals surface area contributed by atoms with Gasteiger partial charge in [0.15, 0.2) is 16.6 Å². The van der Waals surface area contributed by atoms with E-state index in [0.717, 1.165) is 24.4 Å². The number of hydrogen-bond donors (Lipinski definition) is 3. The molecule has 0 aliphatic heterocycles. The lowest BCUT2D eigenvalue weighted by molar-refractivity contribution is -0.129. The molecule has 2 rings (SSSR count). The average Bonchev–Trinajstić information content (AvgIpc) is 2.55. The minimum Gasteiger partial charge on any atom is -0.393 e. The van der Waals surface area contributed by atoms with Crippen LogP contribution in [0.15, 0.2) is 24.4 Å². The van der Waals surface area contributed by atoms with Gasteiger partial charge in [0.1, 0.15) is 0 Å². The second-order valence-electron chi connectivity index (χ2n) is 4.57. The van der Waals surface area contributed by atoms with Crippen LogP contribution in [0.2, 0.25) is 5.15 Å². The van der Waals surface area contributed by atoms with E-state index in [0.29, 0.717) is 0 Å². The molecule has 0 bridgehead atoms. The Balaban J connectivity index is 2.73. The van der Waals surface area contributed by atoms with E-state index < -0.39 is 25.5 Å². The Hall–Kier alpha value is -1.83. The van der Waals surface area contributed by atoms with Crippen LogP contribution in [0.1, 0.15) is 15.2 Å². The molecule has 0 aliphatic rings. The SMILES string of the molecule is [2H]C([2H])([2H])c1ccc(C(O)(CO)C(F)F)cc1-c1cnc(N)c(Cl)n1. The molecule has 22 heavy (non-hydrogen) atoms. The number of aliphatic hydroxyl groups is 2. The summed E-state index contributed by atoms with van der Waals surface area (Å²) in [6.07, 6.45) is -2.17. The number of hydrogen-bond acceptors (Lipinski definition) is 5. The van der Waals surface area contributed by atoms with Crippen molar-refractivity contribution in [1.29, 1.82) is 0 Å². The zero-order chi connectivity index (χ0) is 19.0. The van der Waals surface area contributed by atoms with E-state index >= 15 is 0 Å². The molecule has 0 saturated heterocycles. The van der Waals surface area contributed by atoms with Gasteiger partial charge in [0, 0.05) is 9.68 Å². The highest BCUT2D eigenvalue weighted by Crippen LogP contribution is 2.32. The van der Waals surface area contributed by atoms with E-state index in [4.69, 9.17) is 21.4 Å². The molecule has 1 atom stereocenters. The maximum absolute atomic E-state index is 13.2. The number of nitrogens with zero attached hydrogens (tertiary/aromatic N) is 2. The summed E-state index contributed by atoms with van der Waals surface area (Å²) in [6, 6.07) is 3.09. The van der Waals surface area contributed by atoms with Gasteiger partial charge in [0.05, 0.1) is 18.5 Å². The largest absolute Gasteiger partial charge is 0.393 e. The van der Waals surface area contributed by atoms with Crippen LogP contribution in [0.3, 0.4) is 0 Å². The lowest BCUT2D eigenvalue weighted by atomic mass is 9.91. The monoisotopic (exact) mass is 332 g/mol. The Kier molecular flexibility index (Phi) is 3.53. The molecule has 1 aromatic heterocycles. The van der Waals surface area contributed by atoms with Crippen LogP contribution in [0.25, 0.3) is 11.3 Å². The number of aryl methyl sites for hydroxylation is 1. The van der Waals surface area contributed by atoms with Gasteiger partial charge >= 0.3 is 0 Å². The van der Waals surface area contributed by atoms with Crippen LogP contribution in [0.4, 0.5) is 14.6 Å². The van der Waals surface area contributed by atoms with E-state index in [2.05, 4.69) is 9.97 Å². The molecule has 5 nitrogen and oxygen atoms in total. The molecule has 118 valence electrons. The van der Waals surface area contributed by atoms with Gasteiger partial charge in [-0.2, -0.15) is 0 Å². The first-order valence-corrected chi connectivity index (χ1v) is 6.43. The summed E-state index contributed by atoms with van der Waals surface area (Å²) < 4.78 is 49.1. The summed E-state index contributed by atoms with van der Waals surface area (Å²) in [5.41, 5.74) is 1.92. The quantitative estimate of drug-likeness (QED) is 0.797. The van der Waals surface area contributed by atoms with Gasteiger partial charge in [-0.15, -0.1) is 0 Å². The van der Waals surface area contributed by atoms with E-state index in [1.165, 1.54) is 0 Å². The van der Waals surface area contributed by atoms with E-state index in [1.807, 2.05) is 0 Å². The number of rotatable bonds is 4. The van der Waals surface area contributed by atoms with Crippen molar-refractivity contribution in [3.63, 3.8) is 0 Å². The van der Waals surface area contributed by atoms with Gasteiger partial charge < -0.3 is 15.9 Å². The topological polar surface area (TPSA) is 92.3 Å². The van der Waals surface area contributed by atoms with Crippen molar-refractivity contribution in [3.05, 3.63) is 40.7 Å². The molecule has 2 aromatic rings. The van der Waals surface area contributed by atoms with Crippen molar-refractivity contribution in [2.45, 2.75) is 18.9 Å². The molecule has 1 unspecified atom stereocenters. The van der Waals surface area contributed by atoms with Crippen molar-refractivity contribution in [3.8, 4) is 11.3 Å². The Morgan fingerprint density at radius 1 is 1.50 bits per heavy atom. The van der Waals surface area contributed by atoms with Crippen molar-refractivity contribution in [2.24, 2.45) is 0 Å². The first-order valence-electron chi connectivity index (χ1n) is 7.55. The third-order valence-electron chi connectivity index (χ3n) is 3.15. The fourth-order valence-electron chi connectivity index (χ4n) is 1.82. The highest BCUT2D eigenvalue weighted by Gasteiger charge is 2.39. The predicted molar refractivity (Wildman–Crippen MR) is 78.6 cm³/mol. The number of aromatic nitrogens is 2. The highest BCUT2D eigenvalue weighted by molar-refractivity contribution is 6.31. The Morgan fingerprint density at radius 2 is 2.23 bits per heavy atom. The standard InChI is InChI=1S/C14H14ClF2N3O2/c1-7-2-3-8(14(22,6-21)13(16)17)4-9(7)10-5-19-12(18)11(15)20-10/h2-5,13,21-22H,6H2,1H3,(H2,18,19)/i1D3. The first kappa shape index (κ1) is 12.7. The molecule has 1 heterocycles. The van der Waals surface area contributed by atoms with Gasteiger partial charge in [-0.1, -0.05) is 23.7 Å². The molecule has 8 heteroatoms. The number of nitrogens with two attached hydrogens (primary N) is 1. The number of alkyl halides is 2. The normalized spacial score (nSPS) is 16.7. The van der Waals surface area contributed by atoms with Gasteiger partial charge in [-0.3, -0.25) is 0 Å². The van der Waals surface area contributed by atoms with Crippen LogP contribution in [0, 0.1) is 6.85 Å². The van der Waals surface area contributed by atoms with Crippen molar-refractivity contribution in [2.75, 3.05) is 12.3 Å². The lowest BCUT2D eigenvalue weighted by Crippen LogP contribution is -2.38. The molecule has 0 spiro atoms. The minimum absolute atomic E-state index is 0.0262. The lowest BCUT2D eigenvalue weighted by Gasteiger charge is -2.26. The molecular formula is C14H14ClF2N3O2. The summed E-state index contributed by atoms with van der Waals surface area (Å²) in [5, 5.41) is 19.0. The highest BCUT2D eigenvalue weighted by atomic mass is 35.5. The van der Waals surface area contributed by atoms with Crippen LogP contribution < -0.4 is 5.73 Å². The maximum atomic E-state index is 13.2. The smallest absolute Gasteiger partial charge is 0.273 e. The van der Waals surface area contributed by atoms with Crippen LogP contribution in [-0.4, -0.2) is 33.2 Å². The zero-order valence-corrected chi connectivity index (χ0v) is 11.8. The van der Waals surface area contributed by atoms with Crippen LogP contribution >= 0.6 is 11.6 Å². The minimum atomic E-state index is -3.30. The molecule has 0 amide bonds. The number of halogens is 3. The number of nitrogen functional groups attached to an aromatic ring is 1. The van der Waals surface area contributed by atoms with E-state index in [9.17, 15) is 19.0 Å². The molecular weight excluding hydrogens is 316 g/mol. The number of aliphatic hydroxyl groups excluding tert-OH is 1. The molecule has 0 aliphatic carbocycles. The third-order valence-corrected chi connectivity index (χ3v) is 3.43. The third kappa shape index (κ3) is 2.87. The van der Waals surface area contributed by atoms with Gasteiger partial charge in [0.25, 0.3) is 6.43 Å². The fourth-order valence-corrected chi connectivity index (χ4v) is 1.96. The Morgan fingerprint density at radius 3 is 2.77 bits per heavy atom. The summed E-state index contributed by atoms with van der Waals surface area (Å²) in [6.45, 7) is -3.85. The van der Waals surface area contributed by atoms with Crippen LogP contribution in [0.5, 0.6) is 0 Å². The second-order valence-corrected chi connectivity index (χ2v) is 4.93. The van der Waals surface area contributed by atoms with E-state index in [-0.39, 0.29) is 33.4 Å². The zero-order valence-electron chi connectivity index (χ0n) is 14.1.